The molecule has 0 aliphatic carbocycles. The summed E-state index contributed by atoms with van der Waals surface area (Å²) in [6, 6.07) is 12.3. The van der Waals surface area contributed by atoms with E-state index < -0.39 is 0 Å². The van der Waals surface area contributed by atoms with E-state index in [1.165, 1.54) is 0 Å². The summed E-state index contributed by atoms with van der Waals surface area (Å²) >= 11 is 0. The first-order valence-electron chi connectivity index (χ1n) is 8.59. The third kappa shape index (κ3) is 4.63. The van der Waals surface area contributed by atoms with Crippen molar-refractivity contribution in [3.8, 4) is 5.75 Å². The van der Waals surface area contributed by atoms with Gasteiger partial charge in [0, 0.05) is 43.9 Å². The van der Waals surface area contributed by atoms with Crippen molar-refractivity contribution in [1.82, 2.24) is 0 Å². The van der Waals surface area contributed by atoms with E-state index >= 15 is 0 Å². The summed E-state index contributed by atoms with van der Waals surface area (Å²) < 4.78 is 5.27. The SMILES string of the molecule is CN(C)c1ccc(NC(=O)CCC(=O)c2ccc3c(c2)NC(=O)CO3)cc1. The zero-order chi connectivity index (χ0) is 19.4. The average Bonchev–Trinajstić information content (AvgIpc) is 2.66. The number of fused-ring (bicyclic) bond motifs is 1. The molecule has 0 spiro atoms. The van der Waals surface area contributed by atoms with Crippen molar-refractivity contribution in [2.45, 2.75) is 12.8 Å². The van der Waals surface area contributed by atoms with Crippen LogP contribution in [0.4, 0.5) is 17.1 Å². The summed E-state index contributed by atoms with van der Waals surface area (Å²) in [7, 11) is 3.88. The molecule has 2 aromatic rings. The Morgan fingerprint density at radius 3 is 2.56 bits per heavy atom. The number of carbonyl (C=O) groups excluding carboxylic acids is 3. The second-order valence-corrected chi connectivity index (χ2v) is 6.46. The summed E-state index contributed by atoms with van der Waals surface area (Å²) in [5.41, 5.74) is 2.63. The predicted molar refractivity (Wildman–Crippen MR) is 104 cm³/mol. The van der Waals surface area contributed by atoms with Crippen LogP contribution in [0.3, 0.4) is 0 Å². The number of amides is 2. The van der Waals surface area contributed by atoms with Crippen LogP contribution in [0.2, 0.25) is 0 Å². The van der Waals surface area contributed by atoms with Crippen molar-refractivity contribution in [2.24, 2.45) is 0 Å². The second kappa shape index (κ2) is 7.90. The molecule has 0 bridgehead atoms. The highest BCUT2D eigenvalue weighted by Crippen LogP contribution is 2.29. The van der Waals surface area contributed by atoms with E-state index in [4.69, 9.17) is 4.74 Å². The first-order valence-corrected chi connectivity index (χ1v) is 8.59. The zero-order valence-corrected chi connectivity index (χ0v) is 15.2. The number of hydrogen-bond donors (Lipinski definition) is 2. The molecule has 2 amide bonds. The Balaban J connectivity index is 1.55. The van der Waals surface area contributed by atoms with Crippen LogP contribution in [0.5, 0.6) is 5.75 Å². The minimum absolute atomic E-state index is 0.0318. The van der Waals surface area contributed by atoms with Crippen molar-refractivity contribution in [3.63, 3.8) is 0 Å². The van der Waals surface area contributed by atoms with Crippen molar-refractivity contribution >= 4 is 34.7 Å². The van der Waals surface area contributed by atoms with Crippen LogP contribution in [-0.4, -0.2) is 38.3 Å². The molecule has 1 aliphatic rings. The number of ketones is 1. The second-order valence-electron chi connectivity index (χ2n) is 6.46. The maximum atomic E-state index is 12.3. The third-order valence-electron chi connectivity index (χ3n) is 4.18. The van der Waals surface area contributed by atoms with Crippen LogP contribution in [-0.2, 0) is 9.59 Å². The van der Waals surface area contributed by atoms with Gasteiger partial charge in [-0.3, -0.25) is 14.4 Å². The molecule has 0 atom stereocenters. The first-order chi connectivity index (χ1) is 12.9. The largest absolute Gasteiger partial charge is 0.482 e. The predicted octanol–water partition coefficient (Wildman–Crippen LogP) is 2.69. The summed E-state index contributed by atoms with van der Waals surface area (Å²) in [6.45, 7) is -0.0318. The van der Waals surface area contributed by atoms with Gasteiger partial charge >= 0.3 is 0 Å². The number of rotatable bonds is 6. The number of Topliss-reactive ketones (excluding diaryl/α,β-unsaturated/α-hetero) is 1. The van der Waals surface area contributed by atoms with E-state index in [0.29, 0.717) is 22.7 Å². The van der Waals surface area contributed by atoms with E-state index in [-0.39, 0.29) is 37.0 Å². The maximum Gasteiger partial charge on any atom is 0.262 e. The van der Waals surface area contributed by atoms with E-state index in [1.807, 2.05) is 43.3 Å². The topological polar surface area (TPSA) is 87.7 Å². The van der Waals surface area contributed by atoms with E-state index in [2.05, 4.69) is 10.6 Å². The number of hydrogen-bond acceptors (Lipinski definition) is 5. The average molecular weight is 367 g/mol. The van der Waals surface area contributed by atoms with Gasteiger partial charge < -0.3 is 20.3 Å². The van der Waals surface area contributed by atoms with Gasteiger partial charge in [0.1, 0.15) is 5.75 Å². The molecule has 0 unspecified atom stereocenters. The zero-order valence-electron chi connectivity index (χ0n) is 15.2. The lowest BCUT2D eigenvalue weighted by Crippen LogP contribution is -2.25. The van der Waals surface area contributed by atoms with Crippen LogP contribution in [0.15, 0.2) is 42.5 Å². The van der Waals surface area contributed by atoms with Gasteiger partial charge in [-0.1, -0.05) is 0 Å². The molecule has 7 nitrogen and oxygen atoms in total. The number of anilines is 3. The van der Waals surface area contributed by atoms with E-state index in [9.17, 15) is 14.4 Å². The minimum atomic E-state index is -0.258. The fourth-order valence-corrected chi connectivity index (χ4v) is 2.69. The Hall–Kier alpha value is -3.35. The fraction of sp³-hybridized carbons (Fsp3) is 0.250. The Morgan fingerprint density at radius 2 is 1.85 bits per heavy atom. The molecule has 0 saturated heterocycles. The summed E-state index contributed by atoms with van der Waals surface area (Å²) in [5, 5.41) is 5.45. The van der Waals surface area contributed by atoms with Crippen LogP contribution >= 0.6 is 0 Å². The number of nitrogens with zero attached hydrogens (tertiary/aromatic N) is 1. The molecule has 27 heavy (non-hydrogen) atoms. The fourth-order valence-electron chi connectivity index (χ4n) is 2.69. The Bertz CT molecular complexity index is 875. The lowest BCUT2D eigenvalue weighted by Gasteiger charge is -2.18. The lowest BCUT2D eigenvalue weighted by atomic mass is 10.0. The smallest absolute Gasteiger partial charge is 0.262 e. The molecule has 2 N–H and O–H groups in total. The van der Waals surface area contributed by atoms with Crippen molar-refractivity contribution < 1.29 is 19.1 Å². The van der Waals surface area contributed by atoms with Gasteiger partial charge in [-0.15, -0.1) is 0 Å². The Kier molecular flexibility index (Phi) is 5.40. The molecule has 0 radical (unpaired) electrons. The van der Waals surface area contributed by atoms with Gasteiger partial charge in [0.05, 0.1) is 5.69 Å². The molecule has 140 valence electrons. The van der Waals surface area contributed by atoms with Crippen molar-refractivity contribution in [2.75, 3.05) is 36.2 Å². The monoisotopic (exact) mass is 367 g/mol. The van der Waals surface area contributed by atoms with Gasteiger partial charge in [0.25, 0.3) is 5.91 Å². The number of nitrogens with one attached hydrogen (secondary N) is 2. The quantitative estimate of drug-likeness (QED) is 0.767. The highest BCUT2D eigenvalue weighted by atomic mass is 16.5. The van der Waals surface area contributed by atoms with Crippen LogP contribution in [0, 0.1) is 0 Å². The van der Waals surface area contributed by atoms with Crippen molar-refractivity contribution in [1.29, 1.82) is 0 Å². The van der Waals surface area contributed by atoms with Crippen molar-refractivity contribution in [3.05, 3.63) is 48.0 Å². The van der Waals surface area contributed by atoms with Gasteiger partial charge in [0.2, 0.25) is 5.91 Å². The molecule has 1 aliphatic heterocycles. The summed E-state index contributed by atoms with van der Waals surface area (Å²) in [6.07, 6.45) is 0.156. The number of benzene rings is 2. The summed E-state index contributed by atoms with van der Waals surface area (Å²) in [5.74, 6) is -0.122. The van der Waals surface area contributed by atoms with Gasteiger partial charge in [-0.25, -0.2) is 0 Å². The molecular formula is C20H21N3O4. The van der Waals surface area contributed by atoms with E-state index in [0.717, 1.165) is 5.69 Å². The van der Waals surface area contributed by atoms with Gasteiger partial charge in [-0.05, 0) is 42.5 Å². The number of carbonyl (C=O) groups is 3. The highest BCUT2D eigenvalue weighted by molar-refractivity contribution is 6.02. The normalized spacial score (nSPS) is 12.4. The molecule has 3 rings (SSSR count). The standard InChI is InChI=1S/C20H21N3O4/c1-23(2)15-6-4-14(5-7-15)21-19(25)10-8-17(24)13-3-9-18-16(11-13)22-20(26)12-27-18/h3-7,9,11H,8,10,12H2,1-2H3,(H,21,25)(H,22,26). The molecule has 0 fully saturated rings. The van der Waals surface area contributed by atoms with Crippen LogP contribution in [0.25, 0.3) is 0 Å². The Labute approximate surface area is 157 Å². The summed E-state index contributed by atoms with van der Waals surface area (Å²) in [4.78, 5) is 37.8. The van der Waals surface area contributed by atoms with Crippen LogP contribution in [0.1, 0.15) is 23.2 Å². The molecular weight excluding hydrogens is 346 g/mol. The van der Waals surface area contributed by atoms with Crippen LogP contribution < -0.4 is 20.3 Å². The lowest BCUT2D eigenvalue weighted by molar-refractivity contribution is -0.118. The highest BCUT2D eigenvalue weighted by Gasteiger charge is 2.18. The van der Waals surface area contributed by atoms with Gasteiger partial charge in [0.15, 0.2) is 12.4 Å². The third-order valence-corrected chi connectivity index (χ3v) is 4.18. The molecule has 7 heteroatoms. The number of ether oxygens (including phenoxy) is 1. The minimum Gasteiger partial charge on any atom is -0.482 e. The van der Waals surface area contributed by atoms with Gasteiger partial charge in [-0.2, -0.15) is 0 Å². The first kappa shape index (κ1) is 18.4. The molecule has 2 aromatic carbocycles. The molecule has 0 aromatic heterocycles. The molecule has 1 heterocycles. The maximum absolute atomic E-state index is 12.3. The van der Waals surface area contributed by atoms with E-state index in [1.54, 1.807) is 18.2 Å². The Morgan fingerprint density at radius 1 is 1.11 bits per heavy atom. The molecule has 0 saturated carbocycles.